The summed E-state index contributed by atoms with van der Waals surface area (Å²) in [6.45, 7) is 6.07. The van der Waals surface area contributed by atoms with Gasteiger partial charge in [0.15, 0.2) is 0 Å². The highest BCUT2D eigenvalue weighted by atomic mass is 16.1. The Morgan fingerprint density at radius 3 is 2.33 bits per heavy atom. The van der Waals surface area contributed by atoms with Crippen molar-refractivity contribution in [3.63, 3.8) is 0 Å². The number of aromatic nitrogens is 4. The molecule has 3 rings (SSSR count). The number of carbonyl (C=O) groups excluding carboxylic acids is 1. The average molecular weight is 321 g/mol. The van der Waals surface area contributed by atoms with Gasteiger partial charge in [-0.1, -0.05) is 29.8 Å². The van der Waals surface area contributed by atoms with Crippen LogP contribution >= 0.6 is 0 Å². The first kappa shape index (κ1) is 15.9. The number of nitrogens with one attached hydrogen (secondary N) is 1. The molecule has 24 heavy (non-hydrogen) atoms. The van der Waals surface area contributed by atoms with Crippen LogP contribution in [-0.4, -0.2) is 26.1 Å². The van der Waals surface area contributed by atoms with Crippen molar-refractivity contribution in [3.8, 4) is 5.69 Å². The van der Waals surface area contributed by atoms with Gasteiger partial charge in [0.25, 0.3) is 0 Å². The van der Waals surface area contributed by atoms with Gasteiger partial charge in [0.05, 0.1) is 12.1 Å². The quantitative estimate of drug-likeness (QED) is 0.802. The Morgan fingerprint density at radius 2 is 1.75 bits per heavy atom. The number of hydrogen-bond donors (Lipinski definition) is 1. The van der Waals surface area contributed by atoms with E-state index >= 15 is 0 Å². The maximum absolute atomic E-state index is 12.3. The Bertz CT molecular complexity index is 831. The van der Waals surface area contributed by atoms with Crippen LogP contribution in [-0.2, 0) is 11.2 Å². The number of amides is 1. The fourth-order valence-electron chi connectivity index (χ4n) is 2.79. The molecule has 6 nitrogen and oxygen atoms in total. The van der Waals surface area contributed by atoms with Crippen molar-refractivity contribution in [2.45, 2.75) is 27.2 Å². The average Bonchev–Trinajstić information content (AvgIpc) is 3.06. The highest BCUT2D eigenvalue weighted by Gasteiger charge is 2.09. The topological polar surface area (TPSA) is 72.7 Å². The summed E-state index contributed by atoms with van der Waals surface area (Å²) >= 11 is 0. The van der Waals surface area contributed by atoms with Crippen LogP contribution in [0.4, 0.5) is 5.69 Å². The monoisotopic (exact) mass is 321 g/mol. The SMILES string of the molecule is Cc1cc(C)c(NC(=O)Cc2ccc(-n3cnnn3)cc2)c(C)c1. The van der Waals surface area contributed by atoms with E-state index in [1.165, 1.54) is 11.9 Å². The van der Waals surface area contributed by atoms with Crippen molar-refractivity contribution in [3.05, 3.63) is 65.0 Å². The zero-order valence-electron chi connectivity index (χ0n) is 13.9. The van der Waals surface area contributed by atoms with Gasteiger partial charge in [0.2, 0.25) is 5.91 Å². The lowest BCUT2D eigenvalue weighted by molar-refractivity contribution is -0.115. The van der Waals surface area contributed by atoms with Gasteiger partial charge in [-0.2, -0.15) is 0 Å². The molecule has 1 heterocycles. The van der Waals surface area contributed by atoms with Crippen LogP contribution in [0.2, 0.25) is 0 Å². The summed E-state index contributed by atoms with van der Waals surface area (Å²) in [5, 5.41) is 14.1. The van der Waals surface area contributed by atoms with Gasteiger partial charge in [0, 0.05) is 5.69 Å². The Hall–Kier alpha value is -3.02. The Balaban J connectivity index is 1.69. The van der Waals surface area contributed by atoms with E-state index < -0.39 is 0 Å². The van der Waals surface area contributed by atoms with Crippen molar-refractivity contribution >= 4 is 11.6 Å². The summed E-state index contributed by atoms with van der Waals surface area (Å²) in [5.74, 6) is -0.0276. The molecule has 0 spiro atoms. The van der Waals surface area contributed by atoms with E-state index in [0.717, 1.165) is 28.1 Å². The van der Waals surface area contributed by atoms with Gasteiger partial charge in [-0.3, -0.25) is 4.79 Å². The zero-order chi connectivity index (χ0) is 17.1. The molecular formula is C18H19N5O. The second kappa shape index (κ2) is 6.62. The van der Waals surface area contributed by atoms with Crippen molar-refractivity contribution in [2.75, 3.05) is 5.32 Å². The molecule has 1 amide bonds. The second-order valence-electron chi connectivity index (χ2n) is 5.92. The van der Waals surface area contributed by atoms with Gasteiger partial charge < -0.3 is 5.32 Å². The predicted molar refractivity (Wildman–Crippen MR) is 92.1 cm³/mol. The second-order valence-corrected chi connectivity index (χ2v) is 5.92. The lowest BCUT2D eigenvalue weighted by Gasteiger charge is -2.13. The number of anilines is 1. The number of rotatable bonds is 4. The lowest BCUT2D eigenvalue weighted by Crippen LogP contribution is -2.16. The molecule has 0 bridgehead atoms. The molecule has 0 atom stereocenters. The molecule has 2 aromatic carbocycles. The van der Waals surface area contributed by atoms with Crippen molar-refractivity contribution in [1.82, 2.24) is 20.2 Å². The summed E-state index contributed by atoms with van der Waals surface area (Å²) in [7, 11) is 0. The number of hydrogen-bond acceptors (Lipinski definition) is 4. The maximum atomic E-state index is 12.3. The number of carbonyl (C=O) groups is 1. The summed E-state index contributed by atoms with van der Waals surface area (Å²) in [4.78, 5) is 12.3. The number of aryl methyl sites for hydroxylation is 3. The van der Waals surface area contributed by atoms with Crippen molar-refractivity contribution in [1.29, 1.82) is 0 Å². The molecule has 0 radical (unpaired) electrons. The highest BCUT2D eigenvalue weighted by Crippen LogP contribution is 2.22. The third-order valence-electron chi connectivity index (χ3n) is 3.86. The minimum Gasteiger partial charge on any atom is -0.325 e. The van der Waals surface area contributed by atoms with Crippen molar-refractivity contribution in [2.24, 2.45) is 0 Å². The number of nitrogens with zero attached hydrogens (tertiary/aromatic N) is 4. The van der Waals surface area contributed by atoms with E-state index in [4.69, 9.17) is 0 Å². The summed E-state index contributed by atoms with van der Waals surface area (Å²) in [5.41, 5.74) is 6.04. The first-order valence-corrected chi connectivity index (χ1v) is 7.73. The Kier molecular flexibility index (Phi) is 4.37. The minimum atomic E-state index is -0.0276. The first-order valence-electron chi connectivity index (χ1n) is 7.73. The normalized spacial score (nSPS) is 10.6. The summed E-state index contributed by atoms with van der Waals surface area (Å²) in [6, 6.07) is 11.7. The van der Waals surface area contributed by atoms with E-state index in [1.54, 1.807) is 4.68 Å². The molecular weight excluding hydrogens is 302 g/mol. The lowest BCUT2D eigenvalue weighted by atomic mass is 10.0. The van der Waals surface area contributed by atoms with Crippen LogP contribution in [0.25, 0.3) is 5.69 Å². The van der Waals surface area contributed by atoms with Crippen LogP contribution in [0.5, 0.6) is 0 Å². The third kappa shape index (κ3) is 3.48. The van der Waals surface area contributed by atoms with Crippen molar-refractivity contribution < 1.29 is 4.79 Å². The summed E-state index contributed by atoms with van der Waals surface area (Å²) < 4.78 is 1.57. The van der Waals surface area contributed by atoms with E-state index in [-0.39, 0.29) is 5.91 Å². The van der Waals surface area contributed by atoms with E-state index in [1.807, 2.05) is 38.1 Å². The standard InChI is InChI=1S/C18H19N5O/c1-12-8-13(2)18(14(3)9-12)20-17(24)10-15-4-6-16(7-5-15)23-11-19-21-22-23/h4-9,11H,10H2,1-3H3,(H,20,24). The molecule has 122 valence electrons. The van der Waals surface area contributed by atoms with Gasteiger partial charge in [-0.15, -0.1) is 5.10 Å². The minimum absolute atomic E-state index is 0.0276. The molecule has 3 aromatic rings. The van der Waals surface area contributed by atoms with E-state index in [9.17, 15) is 4.79 Å². The smallest absolute Gasteiger partial charge is 0.228 e. The summed E-state index contributed by atoms with van der Waals surface area (Å²) in [6.07, 6.45) is 1.85. The van der Waals surface area contributed by atoms with Gasteiger partial charge in [-0.25, -0.2) is 4.68 Å². The van der Waals surface area contributed by atoms with E-state index in [0.29, 0.717) is 6.42 Å². The molecule has 1 N–H and O–H groups in total. The fourth-order valence-corrected chi connectivity index (χ4v) is 2.79. The number of tetrazole rings is 1. The molecule has 0 aliphatic rings. The van der Waals surface area contributed by atoms with Crippen LogP contribution in [0.3, 0.4) is 0 Å². The predicted octanol–water partition coefficient (Wildman–Crippen LogP) is 2.77. The molecule has 1 aromatic heterocycles. The molecule has 0 saturated heterocycles. The molecule has 0 aliphatic heterocycles. The molecule has 0 saturated carbocycles. The first-order chi connectivity index (χ1) is 11.5. The Labute approximate surface area is 140 Å². The van der Waals surface area contributed by atoms with Gasteiger partial charge >= 0.3 is 0 Å². The molecule has 0 unspecified atom stereocenters. The largest absolute Gasteiger partial charge is 0.325 e. The van der Waals surface area contributed by atoms with Crippen LogP contribution in [0.1, 0.15) is 22.3 Å². The van der Waals surface area contributed by atoms with Crippen LogP contribution in [0, 0.1) is 20.8 Å². The molecule has 0 aliphatic carbocycles. The van der Waals surface area contributed by atoms with Crippen LogP contribution < -0.4 is 5.32 Å². The fraction of sp³-hybridized carbons (Fsp3) is 0.222. The zero-order valence-corrected chi connectivity index (χ0v) is 13.9. The maximum Gasteiger partial charge on any atom is 0.228 e. The number of benzene rings is 2. The van der Waals surface area contributed by atoms with Gasteiger partial charge in [-0.05, 0) is 60.0 Å². The highest BCUT2D eigenvalue weighted by molar-refractivity contribution is 5.93. The Morgan fingerprint density at radius 1 is 1.08 bits per heavy atom. The third-order valence-corrected chi connectivity index (χ3v) is 3.86. The molecule has 6 heteroatoms. The molecule has 0 fully saturated rings. The van der Waals surface area contributed by atoms with Crippen LogP contribution in [0.15, 0.2) is 42.7 Å². The van der Waals surface area contributed by atoms with Gasteiger partial charge in [0.1, 0.15) is 6.33 Å². The van der Waals surface area contributed by atoms with E-state index in [2.05, 4.69) is 39.9 Å².